The quantitative estimate of drug-likeness (QED) is 0.258. The molecule has 2 aromatic rings. The number of rotatable bonds is 14. The van der Waals surface area contributed by atoms with Crippen LogP contribution in [0, 0.1) is 11.7 Å². The van der Waals surface area contributed by atoms with E-state index in [4.69, 9.17) is 9.72 Å². The van der Waals surface area contributed by atoms with Gasteiger partial charge in [0, 0.05) is 17.8 Å². The van der Waals surface area contributed by atoms with Gasteiger partial charge in [0.05, 0.1) is 12.3 Å². The maximum Gasteiger partial charge on any atom is 0.136 e. The molecule has 1 saturated carbocycles. The summed E-state index contributed by atoms with van der Waals surface area (Å²) in [4.78, 5) is 4.80. The molecule has 3 rings (SSSR count). The number of aromatic nitrogens is 1. The van der Waals surface area contributed by atoms with E-state index in [2.05, 4.69) is 33.0 Å². The summed E-state index contributed by atoms with van der Waals surface area (Å²) < 4.78 is 20.7. The van der Waals surface area contributed by atoms with Crippen molar-refractivity contribution in [1.82, 2.24) is 4.98 Å². The number of benzene rings is 1. The van der Waals surface area contributed by atoms with E-state index in [9.17, 15) is 4.39 Å². The number of unbranched alkanes of at least 4 members (excludes halogenated alkanes) is 4. The summed E-state index contributed by atoms with van der Waals surface area (Å²) in [5.41, 5.74) is 2.88. The Morgan fingerprint density at radius 3 is 2.32 bits per heavy atom. The third-order valence-electron chi connectivity index (χ3n) is 7.89. The van der Waals surface area contributed by atoms with Gasteiger partial charge in [-0.25, -0.2) is 4.39 Å². The lowest BCUT2D eigenvalue weighted by Gasteiger charge is -2.44. The predicted molar refractivity (Wildman–Crippen MR) is 142 cm³/mol. The first-order valence-corrected chi connectivity index (χ1v) is 14.0. The Kier molecular flexibility index (Phi) is 10.9. The van der Waals surface area contributed by atoms with E-state index in [-0.39, 0.29) is 11.2 Å². The van der Waals surface area contributed by atoms with Crippen LogP contribution in [-0.2, 0) is 5.41 Å². The smallest absolute Gasteiger partial charge is 0.136 e. The molecule has 3 heteroatoms. The molecular formula is C31H46FNO. The zero-order valence-corrected chi connectivity index (χ0v) is 21.9. The maximum atomic E-state index is 14.9. The molecule has 1 aromatic heterocycles. The van der Waals surface area contributed by atoms with Gasteiger partial charge in [0.2, 0.25) is 0 Å². The SMILES string of the molecule is CCCCCCOc1ccc(-c2ccc(C3(C(CCC)CCCC)CCCCC3)cn2)c(F)c1. The first-order valence-electron chi connectivity index (χ1n) is 14.0. The van der Waals surface area contributed by atoms with Gasteiger partial charge < -0.3 is 4.74 Å². The highest BCUT2D eigenvalue weighted by Gasteiger charge is 2.40. The van der Waals surface area contributed by atoms with E-state index >= 15 is 0 Å². The van der Waals surface area contributed by atoms with E-state index in [1.165, 1.54) is 88.7 Å². The highest BCUT2D eigenvalue weighted by atomic mass is 19.1. The number of hydrogen-bond donors (Lipinski definition) is 0. The van der Waals surface area contributed by atoms with Gasteiger partial charge in [0.25, 0.3) is 0 Å². The molecule has 0 spiro atoms. The second-order valence-electron chi connectivity index (χ2n) is 10.3. The third kappa shape index (κ3) is 6.83. The molecule has 2 nitrogen and oxygen atoms in total. The Morgan fingerprint density at radius 2 is 1.68 bits per heavy atom. The van der Waals surface area contributed by atoms with Gasteiger partial charge in [-0.1, -0.05) is 84.6 Å². The van der Waals surface area contributed by atoms with Crippen molar-refractivity contribution in [2.45, 2.75) is 116 Å². The van der Waals surface area contributed by atoms with Crippen molar-refractivity contribution in [3.63, 3.8) is 0 Å². The summed E-state index contributed by atoms with van der Waals surface area (Å²) in [7, 11) is 0. The minimum atomic E-state index is -0.259. The molecule has 34 heavy (non-hydrogen) atoms. The summed E-state index contributed by atoms with van der Waals surface area (Å²) in [5.74, 6) is 1.07. The summed E-state index contributed by atoms with van der Waals surface area (Å²) in [6, 6.07) is 9.49. The van der Waals surface area contributed by atoms with Gasteiger partial charge in [-0.15, -0.1) is 0 Å². The molecule has 1 atom stereocenters. The summed E-state index contributed by atoms with van der Waals surface area (Å²) in [6.07, 6.45) is 19.5. The zero-order valence-electron chi connectivity index (χ0n) is 21.9. The molecule has 0 bridgehead atoms. The number of pyridine rings is 1. The molecular weight excluding hydrogens is 421 g/mol. The highest BCUT2D eigenvalue weighted by Crippen LogP contribution is 2.48. The van der Waals surface area contributed by atoms with Crippen LogP contribution < -0.4 is 4.74 Å². The number of ether oxygens (including phenoxy) is 1. The Hall–Kier alpha value is -1.90. The highest BCUT2D eigenvalue weighted by molar-refractivity contribution is 5.61. The predicted octanol–water partition coefficient (Wildman–Crippen LogP) is 9.66. The monoisotopic (exact) mass is 467 g/mol. The molecule has 1 aliphatic rings. The lowest BCUT2D eigenvalue weighted by atomic mass is 9.60. The van der Waals surface area contributed by atoms with Crippen LogP contribution in [0.4, 0.5) is 4.39 Å². The minimum absolute atomic E-state index is 0.239. The first kappa shape index (κ1) is 26.7. The third-order valence-corrected chi connectivity index (χ3v) is 7.89. The Labute approximate surface area is 207 Å². The van der Waals surface area contributed by atoms with Crippen LogP contribution in [0.15, 0.2) is 36.5 Å². The van der Waals surface area contributed by atoms with Crippen molar-refractivity contribution in [3.05, 3.63) is 47.9 Å². The van der Waals surface area contributed by atoms with Crippen molar-refractivity contribution in [2.24, 2.45) is 5.92 Å². The Morgan fingerprint density at radius 1 is 0.882 bits per heavy atom. The zero-order chi connectivity index (χ0) is 24.2. The standard InChI is InChI=1S/C31H46FNO/c1-4-7-9-13-22-34-27-17-18-28(29(32)23-27)30-19-16-26(24-33-30)31(20-11-10-12-21-31)25(14-6-3)15-8-5-2/h16-19,23-25H,4-15,20-22H2,1-3H3. The summed E-state index contributed by atoms with van der Waals surface area (Å²) in [6.45, 7) is 7.45. The number of hydrogen-bond acceptors (Lipinski definition) is 2. The van der Waals surface area contributed by atoms with Gasteiger partial charge in [0.15, 0.2) is 0 Å². The van der Waals surface area contributed by atoms with E-state index in [1.54, 1.807) is 0 Å². The number of halogens is 1. The van der Waals surface area contributed by atoms with Crippen LogP contribution >= 0.6 is 0 Å². The molecule has 1 fully saturated rings. The first-order chi connectivity index (χ1) is 16.6. The summed E-state index contributed by atoms with van der Waals surface area (Å²) in [5, 5.41) is 0. The van der Waals surface area contributed by atoms with Crippen molar-refractivity contribution >= 4 is 0 Å². The van der Waals surface area contributed by atoms with E-state index in [1.807, 2.05) is 18.2 Å². The lowest BCUT2D eigenvalue weighted by Crippen LogP contribution is -2.37. The van der Waals surface area contributed by atoms with Gasteiger partial charge >= 0.3 is 0 Å². The van der Waals surface area contributed by atoms with Crippen LogP contribution in [0.25, 0.3) is 11.3 Å². The number of nitrogens with zero attached hydrogens (tertiary/aromatic N) is 1. The fourth-order valence-corrected chi connectivity index (χ4v) is 5.97. The minimum Gasteiger partial charge on any atom is -0.493 e. The molecule has 0 amide bonds. The second-order valence-corrected chi connectivity index (χ2v) is 10.3. The average Bonchev–Trinajstić information content (AvgIpc) is 2.87. The fourth-order valence-electron chi connectivity index (χ4n) is 5.97. The van der Waals surface area contributed by atoms with Gasteiger partial charge in [-0.3, -0.25) is 4.98 Å². The Bertz CT molecular complexity index is 841. The van der Waals surface area contributed by atoms with Crippen LogP contribution in [0.2, 0.25) is 0 Å². The van der Waals surface area contributed by atoms with Gasteiger partial charge in [0.1, 0.15) is 11.6 Å². The van der Waals surface area contributed by atoms with Crippen LogP contribution in [0.3, 0.4) is 0 Å². The normalized spacial score (nSPS) is 16.4. The largest absolute Gasteiger partial charge is 0.493 e. The average molecular weight is 468 g/mol. The van der Waals surface area contributed by atoms with E-state index < -0.39 is 0 Å². The fraction of sp³-hybridized carbons (Fsp3) is 0.645. The van der Waals surface area contributed by atoms with Crippen LogP contribution in [0.1, 0.15) is 116 Å². The van der Waals surface area contributed by atoms with E-state index in [0.717, 1.165) is 18.8 Å². The molecule has 1 heterocycles. The Balaban J connectivity index is 1.76. The topological polar surface area (TPSA) is 22.1 Å². The van der Waals surface area contributed by atoms with Crippen LogP contribution in [0.5, 0.6) is 5.75 Å². The lowest BCUT2D eigenvalue weighted by molar-refractivity contribution is 0.166. The van der Waals surface area contributed by atoms with Crippen LogP contribution in [-0.4, -0.2) is 11.6 Å². The van der Waals surface area contributed by atoms with Gasteiger partial charge in [-0.2, -0.15) is 0 Å². The van der Waals surface area contributed by atoms with Crippen molar-refractivity contribution < 1.29 is 9.13 Å². The second kappa shape index (κ2) is 13.9. The molecule has 1 unspecified atom stereocenters. The van der Waals surface area contributed by atoms with Crippen molar-refractivity contribution in [2.75, 3.05) is 6.61 Å². The maximum absolute atomic E-state index is 14.9. The van der Waals surface area contributed by atoms with Crippen molar-refractivity contribution in [1.29, 1.82) is 0 Å². The molecule has 0 aliphatic heterocycles. The van der Waals surface area contributed by atoms with E-state index in [0.29, 0.717) is 23.6 Å². The molecule has 188 valence electrons. The van der Waals surface area contributed by atoms with Gasteiger partial charge in [-0.05, 0) is 67.2 Å². The molecule has 1 aromatic carbocycles. The van der Waals surface area contributed by atoms with Crippen molar-refractivity contribution in [3.8, 4) is 17.0 Å². The molecule has 0 saturated heterocycles. The molecule has 1 aliphatic carbocycles. The molecule has 0 radical (unpaired) electrons. The summed E-state index contributed by atoms with van der Waals surface area (Å²) >= 11 is 0. The molecule has 0 N–H and O–H groups in total.